The first-order chi connectivity index (χ1) is 10.6. The Hall–Kier alpha value is -2.50. The quantitative estimate of drug-likeness (QED) is 0.854. The van der Waals surface area contributed by atoms with Crippen LogP contribution < -0.4 is 4.74 Å². The summed E-state index contributed by atoms with van der Waals surface area (Å²) in [5.41, 5.74) is 2.19. The predicted octanol–water partition coefficient (Wildman–Crippen LogP) is 2.38. The molecule has 1 amide bonds. The van der Waals surface area contributed by atoms with E-state index in [0.29, 0.717) is 18.8 Å². The van der Waals surface area contributed by atoms with E-state index in [4.69, 9.17) is 4.74 Å². The molecule has 1 aromatic carbocycles. The fraction of sp³-hybridized carbons (Fsp3) is 0.312. The van der Waals surface area contributed by atoms with Crippen LogP contribution in [0.1, 0.15) is 34.6 Å². The van der Waals surface area contributed by atoms with Crippen molar-refractivity contribution >= 4 is 5.91 Å². The molecule has 1 atom stereocenters. The van der Waals surface area contributed by atoms with E-state index in [-0.39, 0.29) is 23.5 Å². The molecule has 0 bridgehead atoms. The summed E-state index contributed by atoms with van der Waals surface area (Å²) in [7, 11) is 1.49. The Kier molecular flexibility index (Phi) is 3.75. The smallest absolute Gasteiger partial charge is 0.274 e. The minimum atomic E-state index is -0.288. The molecule has 0 radical (unpaired) electrons. The highest BCUT2D eigenvalue weighted by Gasteiger charge is 2.29. The maximum absolute atomic E-state index is 13.5. The fourth-order valence-corrected chi connectivity index (χ4v) is 2.75. The molecule has 1 aliphatic heterocycles. The number of nitrogens with zero attached hydrogens (tertiary/aromatic N) is 3. The van der Waals surface area contributed by atoms with Crippen LogP contribution in [0.5, 0.6) is 5.88 Å². The van der Waals surface area contributed by atoms with Crippen molar-refractivity contribution in [1.29, 1.82) is 0 Å². The molecule has 0 aliphatic carbocycles. The number of hydrogen-bond acceptors (Lipinski definition) is 4. The van der Waals surface area contributed by atoms with E-state index in [1.807, 2.05) is 6.92 Å². The van der Waals surface area contributed by atoms with Crippen LogP contribution in [0, 0.1) is 5.82 Å². The second-order valence-electron chi connectivity index (χ2n) is 5.23. The Morgan fingerprint density at radius 3 is 2.82 bits per heavy atom. The SMILES string of the molecule is COc1ccc(C(=O)N2CCc3ccc(F)cc3[C@H]2C)nn1. The highest BCUT2D eigenvalue weighted by atomic mass is 19.1. The molecule has 0 saturated heterocycles. The molecule has 2 aromatic rings. The minimum Gasteiger partial charge on any atom is -0.480 e. The second-order valence-corrected chi connectivity index (χ2v) is 5.23. The van der Waals surface area contributed by atoms with Gasteiger partial charge in [-0.15, -0.1) is 10.2 Å². The van der Waals surface area contributed by atoms with Gasteiger partial charge in [0.05, 0.1) is 13.2 Å². The number of ether oxygens (including phenoxy) is 1. The molecule has 0 N–H and O–H groups in total. The standard InChI is InChI=1S/C16H16FN3O2/c1-10-13-9-12(17)4-3-11(13)7-8-20(10)16(21)14-5-6-15(22-2)19-18-14/h3-6,9-10H,7-8H2,1-2H3/t10-/m1/s1. The van der Waals surface area contributed by atoms with Gasteiger partial charge in [-0.1, -0.05) is 6.07 Å². The molecule has 0 unspecified atom stereocenters. The lowest BCUT2D eigenvalue weighted by Crippen LogP contribution is -2.39. The van der Waals surface area contributed by atoms with Gasteiger partial charge in [0.25, 0.3) is 5.91 Å². The second kappa shape index (κ2) is 5.71. The molecule has 0 fully saturated rings. The minimum absolute atomic E-state index is 0.198. The van der Waals surface area contributed by atoms with Gasteiger partial charge in [0, 0.05) is 12.6 Å². The lowest BCUT2D eigenvalue weighted by molar-refractivity contribution is 0.0669. The zero-order valence-electron chi connectivity index (χ0n) is 12.4. The molecule has 6 heteroatoms. The van der Waals surface area contributed by atoms with Gasteiger partial charge in [-0.25, -0.2) is 4.39 Å². The number of halogens is 1. The summed E-state index contributed by atoms with van der Waals surface area (Å²) < 4.78 is 18.4. The Morgan fingerprint density at radius 1 is 1.32 bits per heavy atom. The van der Waals surface area contributed by atoms with Gasteiger partial charge in [-0.3, -0.25) is 4.79 Å². The molecular weight excluding hydrogens is 285 g/mol. The van der Waals surface area contributed by atoms with Crippen LogP contribution in [0.3, 0.4) is 0 Å². The van der Waals surface area contributed by atoms with Crippen molar-refractivity contribution < 1.29 is 13.9 Å². The van der Waals surface area contributed by atoms with Crippen molar-refractivity contribution in [3.05, 3.63) is 53.0 Å². The molecule has 114 valence electrons. The average molecular weight is 301 g/mol. The molecular formula is C16H16FN3O2. The highest BCUT2D eigenvalue weighted by Crippen LogP contribution is 2.30. The van der Waals surface area contributed by atoms with Crippen LogP contribution in [-0.2, 0) is 6.42 Å². The van der Waals surface area contributed by atoms with E-state index in [0.717, 1.165) is 11.1 Å². The van der Waals surface area contributed by atoms with Gasteiger partial charge < -0.3 is 9.64 Å². The van der Waals surface area contributed by atoms with Gasteiger partial charge in [0.2, 0.25) is 5.88 Å². The highest BCUT2D eigenvalue weighted by molar-refractivity contribution is 5.92. The van der Waals surface area contributed by atoms with Gasteiger partial charge in [-0.05, 0) is 42.7 Å². The Balaban J connectivity index is 1.87. The number of amides is 1. The zero-order chi connectivity index (χ0) is 15.7. The molecule has 0 saturated carbocycles. The lowest BCUT2D eigenvalue weighted by atomic mass is 9.93. The third-order valence-electron chi connectivity index (χ3n) is 3.98. The first-order valence-electron chi connectivity index (χ1n) is 7.07. The first-order valence-corrected chi connectivity index (χ1v) is 7.07. The molecule has 3 rings (SSSR count). The molecule has 0 spiro atoms. The van der Waals surface area contributed by atoms with E-state index in [1.54, 1.807) is 23.1 Å². The van der Waals surface area contributed by atoms with Gasteiger partial charge in [0.15, 0.2) is 5.69 Å². The third kappa shape index (κ3) is 2.52. The Labute approximate surface area is 127 Å². The van der Waals surface area contributed by atoms with Crippen LogP contribution in [0.15, 0.2) is 30.3 Å². The van der Waals surface area contributed by atoms with E-state index in [9.17, 15) is 9.18 Å². The van der Waals surface area contributed by atoms with Gasteiger partial charge >= 0.3 is 0 Å². The summed E-state index contributed by atoms with van der Waals surface area (Å²) >= 11 is 0. The van der Waals surface area contributed by atoms with Gasteiger partial charge in [-0.2, -0.15) is 0 Å². The van der Waals surface area contributed by atoms with Crippen molar-refractivity contribution in [2.75, 3.05) is 13.7 Å². The van der Waals surface area contributed by atoms with Crippen LogP contribution in [0.4, 0.5) is 4.39 Å². The van der Waals surface area contributed by atoms with Crippen LogP contribution in [0.25, 0.3) is 0 Å². The number of benzene rings is 1. The fourth-order valence-electron chi connectivity index (χ4n) is 2.75. The summed E-state index contributed by atoms with van der Waals surface area (Å²) in [6.45, 7) is 2.47. The van der Waals surface area contributed by atoms with Gasteiger partial charge in [0.1, 0.15) is 5.82 Å². The zero-order valence-corrected chi connectivity index (χ0v) is 12.4. The van der Waals surface area contributed by atoms with Crippen LogP contribution >= 0.6 is 0 Å². The summed E-state index contributed by atoms with van der Waals surface area (Å²) in [5, 5.41) is 7.71. The number of carbonyl (C=O) groups is 1. The number of hydrogen-bond donors (Lipinski definition) is 0. The van der Waals surface area contributed by atoms with E-state index < -0.39 is 0 Å². The van der Waals surface area contributed by atoms with Crippen LogP contribution in [0.2, 0.25) is 0 Å². The first kappa shape index (κ1) is 14.4. The number of aromatic nitrogens is 2. The molecule has 5 nitrogen and oxygen atoms in total. The summed E-state index contributed by atoms with van der Waals surface area (Å²) in [6, 6.07) is 7.73. The summed E-state index contributed by atoms with van der Waals surface area (Å²) in [6.07, 6.45) is 0.704. The Bertz CT molecular complexity index is 703. The lowest BCUT2D eigenvalue weighted by Gasteiger charge is -2.35. The van der Waals surface area contributed by atoms with E-state index in [1.165, 1.54) is 19.2 Å². The van der Waals surface area contributed by atoms with Crippen molar-refractivity contribution in [2.45, 2.75) is 19.4 Å². The maximum atomic E-state index is 13.5. The number of rotatable bonds is 2. The molecule has 1 aliphatic rings. The monoisotopic (exact) mass is 301 g/mol. The number of fused-ring (bicyclic) bond motifs is 1. The van der Waals surface area contributed by atoms with Crippen molar-refractivity contribution in [3.8, 4) is 5.88 Å². The van der Waals surface area contributed by atoms with Crippen LogP contribution in [-0.4, -0.2) is 34.7 Å². The summed E-state index contributed by atoms with van der Waals surface area (Å²) in [4.78, 5) is 14.3. The predicted molar refractivity (Wildman–Crippen MR) is 78.1 cm³/mol. The maximum Gasteiger partial charge on any atom is 0.274 e. The Morgan fingerprint density at radius 2 is 2.14 bits per heavy atom. The molecule has 2 heterocycles. The number of carbonyl (C=O) groups excluding carboxylic acids is 1. The van der Waals surface area contributed by atoms with Crippen molar-refractivity contribution in [3.63, 3.8) is 0 Å². The van der Waals surface area contributed by atoms with Crippen molar-refractivity contribution in [2.24, 2.45) is 0 Å². The summed E-state index contributed by atoms with van der Waals surface area (Å²) in [5.74, 6) is -0.141. The normalized spacial score (nSPS) is 17.0. The van der Waals surface area contributed by atoms with Crippen molar-refractivity contribution in [1.82, 2.24) is 15.1 Å². The number of methoxy groups -OCH3 is 1. The molecule has 1 aromatic heterocycles. The van der Waals surface area contributed by atoms with E-state index >= 15 is 0 Å². The molecule has 22 heavy (non-hydrogen) atoms. The largest absolute Gasteiger partial charge is 0.480 e. The third-order valence-corrected chi connectivity index (χ3v) is 3.98. The average Bonchev–Trinajstić information content (AvgIpc) is 2.55. The topological polar surface area (TPSA) is 55.3 Å². The van der Waals surface area contributed by atoms with E-state index in [2.05, 4.69) is 10.2 Å².